The van der Waals surface area contributed by atoms with Gasteiger partial charge in [-0.05, 0) is 79.1 Å². The topological polar surface area (TPSA) is 30.5 Å². The summed E-state index contributed by atoms with van der Waals surface area (Å²) in [6, 6.07) is 26.0. The summed E-state index contributed by atoms with van der Waals surface area (Å²) in [6.07, 6.45) is 7.87. The van der Waals surface area contributed by atoms with Crippen molar-refractivity contribution in [2.24, 2.45) is 5.92 Å². The van der Waals surface area contributed by atoms with Crippen LogP contribution in [-0.2, 0) is 6.42 Å². The third-order valence-electron chi connectivity index (χ3n) is 6.61. The number of anilines is 1. The van der Waals surface area contributed by atoms with Gasteiger partial charge in [-0.25, -0.2) is 0 Å². The SMILES string of the molecule is CCOc1ccc(C2Nc3ccc(OCCCc4ccccc4)cc3C3C=CCC32)cc1. The molecule has 1 aliphatic heterocycles. The molecule has 3 heteroatoms. The summed E-state index contributed by atoms with van der Waals surface area (Å²) >= 11 is 0. The van der Waals surface area contributed by atoms with E-state index in [4.69, 9.17) is 9.47 Å². The van der Waals surface area contributed by atoms with Crippen molar-refractivity contribution >= 4 is 5.69 Å². The maximum atomic E-state index is 6.12. The minimum Gasteiger partial charge on any atom is -0.494 e. The molecule has 0 bridgehead atoms. The van der Waals surface area contributed by atoms with Gasteiger partial charge in [0.25, 0.3) is 0 Å². The van der Waals surface area contributed by atoms with Crippen molar-refractivity contribution in [3.8, 4) is 11.5 Å². The van der Waals surface area contributed by atoms with Crippen LogP contribution >= 0.6 is 0 Å². The summed E-state index contributed by atoms with van der Waals surface area (Å²) < 4.78 is 11.7. The van der Waals surface area contributed by atoms with Crippen LogP contribution in [0.1, 0.15) is 48.4 Å². The quantitative estimate of drug-likeness (QED) is 0.314. The van der Waals surface area contributed by atoms with Crippen LogP contribution in [0.25, 0.3) is 0 Å². The molecular formula is C29H31NO2. The van der Waals surface area contributed by atoms with E-state index >= 15 is 0 Å². The summed E-state index contributed by atoms with van der Waals surface area (Å²) in [5.74, 6) is 2.85. The van der Waals surface area contributed by atoms with Crippen LogP contribution in [0.2, 0.25) is 0 Å². The first-order valence-corrected chi connectivity index (χ1v) is 11.8. The fourth-order valence-corrected chi connectivity index (χ4v) is 5.04. The molecule has 0 saturated carbocycles. The molecular weight excluding hydrogens is 394 g/mol. The second kappa shape index (κ2) is 9.52. The predicted octanol–water partition coefficient (Wildman–Crippen LogP) is 6.92. The molecule has 0 radical (unpaired) electrons. The van der Waals surface area contributed by atoms with Gasteiger partial charge in [0.15, 0.2) is 0 Å². The third kappa shape index (κ3) is 4.38. The van der Waals surface area contributed by atoms with Gasteiger partial charge < -0.3 is 14.8 Å². The zero-order valence-electron chi connectivity index (χ0n) is 18.7. The minimum atomic E-state index is 0.302. The predicted molar refractivity (Wildman–Crippen MR) is 131 cm³/mol. The maximum Gasteiger partial charge on any atom is 0.119 e. The fraction of sp³-hybridized carbons (Fsp3) is 0.310. The van der Waals surface area contributed by atoms with Gasteiger partial charge in [0.1, 0.15) is 11.5 Å². The molecule has 3 nitrogen and oxygen atoms in total. The van der Waals surface area contributed by atoms with Gasteiger partial charge in [-0.2, -0.15) is 0 Å². The molecule has 3 unspecified atom stereocenters. The molecule has 0 spiro atoms. The number of ether oxygens (including phenoxy) is 2. The van der Waals surface area contributed by atoms with Crippen molar-refractivity contribution in [3.63, 3.8) is 0 Å². The van der Waals surface area contributed by atoms with E-state index in [1.165, 1.54) is 22.4 Å². The average Bonchev–Trinajstić information content (AvgIpc) is 3.33. The van der Waals surface area contributed by atoms with Crippen LogP contribution < -0.4 is 14.8 Å². The van der Waals surface area contributed by atoms with E-state index in [0.717, 1.165) is 37.4 Å². The zero-order chi connectivity index (χ0) is 21.8. The Morgan fingerprint density at radius 2 is 1.72 bits per heavy atom. The first kappa shape index (κ1) is 20.7. The molecule has 1 N–H and O–H groups in total. The zero-order valence-corrected chi connectivity index (χ0v) is 18.7. The van der Waals surface area contributed by atoms with Gasteiger partial charge in [-0.1, -0.05) is 54.6 Å². The number of aryl methyl sites for hydroxylation is 1. The summed E-state index contributed by atoms with van der Waals surface area (Å²) in [4.78, 5) is 0. The van der Waals surface area contributed by atoms with Crippen molar-refractivity contribution in [2.45, 2.75) is 38.1 Å². The molecule has 0 aromatic heterocycles. The molecule has 2 aliphatic rings. The molecule has 32 heavy (non-hydrogen) atoms. The molecule has 3 aromatic carbocycles. The Labute approximate surface area is 191 Å². The van der Waals surface area contributed by atoms with Crippen molar-refractivity contribution in [3.05, 3.63) is 102 Å². The van der Waals surface area contributed by atoms with E-state index in [1.54, 1.807) is 0 Å². The number of rotatable bonds is 8. The number of allylic oxidation sites excluding steroid dienone is 2. The Morgan fingerprint density at radius 3 is 2.53 bits per heavy atom. The number of fused-ring (bicyclic) bond motifs is 3. The van der Waals surface area contributed by atoms with Crippen LogP contribution in [0.3, 0.4) is 0 Å². The number of benzene rings is 3. The first-order chi connectivity index (χ1) is 15.8. The maximum absolute atomic E-state index is 6.12. The molecule has 0 saturated heterocycles. The normalized spacial score (nSPS) is 20.8. The number of hydrogen-bond donors (Lipinski definition) is 1. The Kier molecular flexibility index (Phi) is 6.15. The van der Waals surface area contributed by atoms with Gasteiger partial charge in [-0.15, -0.1) is 0 Å². The van der Waals surface area contributed by atoms with Crippen molar-refractivity contribution in [2.75, 3.05) is 18.5 Å². The van der Waals surface area contributed by atoms with Crippen LogP contribution in [-0.4, -0.2) is 13.2 Å². The largest absolute Gasteiger partial charge is 0.494 e. The van der Waals surface area contributed by atoms with E-state index in [9.17, 15) is 0 Å². The highest BCUT2D eigenvalue weighted by Crippen LogP contribution is 2.50. The van der Waals surface area contributed by atoms with Gasteiger partial charge in [0.2, 0.25) is 0 Å². The molecule has 3 atom stereocenters. The lowest BCUT2D eigenvalue weighted by atomic mass is 9.77. The Balaban J connectivity index is 1.27. The second-order valence-corrected chi connectivity index (χ2v) is 8.66. The Bertz CT molecular complexity index is 1060. The minimum absolute atomic E-state index is 0.302. The lowest BCUT2D eigenvalue weighted by Crippen LogP contribution is -2.29. The molecule has 1 heterocycles. The van der Waals surface area contributed by atoms with E-state index in [2.05, 4.69) is 90.3 Å². The Hall–Kier alpha value is -3.20. The van der Waals surface area contributed by atoms with E-state index in [0.29, 0.717) is 24.5 Å². The van der Waals surface area contributed by atoms with Gasteiger partial charge in [0.05, 0.1) is 19.3 Å². The number of nitrogens with one attached hydrogen (secondary N) is 1. The van der Waals surface area contributed by atoms with Gasteiger partial charge in [-0.3, -0.25) is 0 Å². The summed E-state index contributed by atoms with van der Waals surface area (Å²) in [5, 5.41) is 3.82. The average molecular weight is 426 g/mol. The fourth-order valence-electron chi connectivity index (χ4n) is 5.04. The molecule has 0 amide bonds. The molecule has 5 rings (SSSR count). The summed E-state index contributed by atoms with van der Waals surface area (Å²) in [7, 11) is 0. The van der Waals surface area contributed by atoms with Crippen LogP contribution in [0.5, 0.6) is 11.5 Å². The highest BCUT2D eigenvalue weighted by atomic mass is 16.5. The van der Waals surface area contributed by atoms with Gasteiger partial charge >= 0.3 is 0 Å². The molecule has 3 aromatic rings. The highest BCUT2D eigenvalue weighted by Gasteiger charge is 2.38. The van der Waals surface area contributed by atoms with Crippen LogP contribution in [0.15, 0.2) is 84.9 Å². The Morgan fingerprint density at radius 1 is 0.906 bits per heavy atom. The lowest BCUT2D eigenvalue weighted by molar-refractivity contribution is 0.310. The van der Waals surface area contributed by atoms with E-state index < -0.39 is 0 Å². The number of hydrogen-bond acceptors (Lipinski definition) is 3. The molecule has 164 valence electrons. The standard InChI is InChI=1S/C29H31NO2/c1-2-31-23-15-13-22(14-16-23)29-26-12-6-11-25(26)27-20-24(17-18-28(27)30-29)32-19-7-10-21-8-4-3-5-9-21/h3-6,8-9,11,13-18,20,25-26,29-30H,2,7,10,12,19H2,1H3. The van der Waals surface area contributed by atoms with E-state index in [-0.39, 0.29) is 0 Å². The lowest BCUT2D eigenvalue weighted by Gasteiger charge is -2.37. The molecule has 0 fully saturated rings. The summed E-state index contributed by atoms with van der Waals surface area (Å²) in [5.41, 5.74) is 5.25. The smallest absolute Gasteiger partial charge is 0.119 e. The monoisotopic (exact) mass is 425 g/mol. The highest BCUT2D eigenvalue weighted by molar-refractivity contribution is 5.61. The van der Waals surface area contributed by atoms with Crippen LogP contribution in [0.4, 0.5) is 5.69 Å². The molecule has 1 aliphatic carbocycles. The second-order valence-electron chi connectivity index (χ2n) is 8.66. The van der Waals surface area contributed by atoms with Crippen molar-refractivity contribution < 1.29 is 9.47 Å². The van der Waals surface area contributed by atoms with Gasteiger partial charge in [0, 0.05) is 11.6 Å². The van der Waals surface area contributed by atoms with Crippen molar-refractivity contribution in [1.82, 2.24) is 0 Å². The summed E-state index contributed by atoms with van der Waals surface area (Å²) in [6.45, 7) is 3.45. The van der Waals surface area contributed by atoms with E-state index in [1.807, 2.05) is 6.92 Å². The first-order valence-electron chi connectivity index (χ1n) is 11.8. The third-order valence-corrected chi connectivity index (χ3v) is 6.61. The van der Waals surface area contributed by atoms with Crippen LogP contribution in [0, 0.1) is 5.92 Å². The van der Waals surface area contributed by atoms with Crippen molar-refractivity contribution in [1.29, 1.82) is 0 Å².